The smallest absolute Gasteiger partial charge is 0.341 e. The molecule has 0 aliphatic rings. The molecule has 0 bridgehead atoms. The molecule has 2 aromatic rings. The second-order valence-corrected chi connectivity index (χ2v) is 5.37. The van der Waals surface area contributed by atoms with E-state index in [2.05, 4.69) is 22.1 Å². The number of esters is 1. The largest absolute Gasteiger partial charge is 0.462 e. The fourth-order valence-corrected chi connectivity index (χ4v) is 2.63. The number of carbonyl (C=O) groups excluding carboxylic acids is 1. The highest BCUT2D eigenvalue weighted by Crippen LogP contribution is 2.21. The Balaban J connectivity index is 2.10. The zero-order valence-electron chi connectivity index (χ0n) is 12.2. The van der Waals surface area contributed by atoms with Crippen molar-refractivity contribution < 1.29 is 9.53 Å². The molecular weight excluding hydrogens is 284 g/mol. The third-order valence-corrected chi connectivity index (χ3v) is 3.87. The zero-order chi connectivity index (χ0) is 15.1. The van der Waals surface area contributed by atoms with Gasteiger partial charge in [0.1, 0.15) is 5.82 Å². The first-order valence-electron chi connectivity index (χ1n) is 6.94. The van der Waals surface area contributed by atoms with Crippen molar-refractivity contribution in [2.24, 2.45) is 0 Å². The fraction of sp³-hybridized carbons (Fsp3) is 0.312. The maximum Gasteiger partial charge on any atom is 0.341 e. The Labute approximate surface area is 129 Å². The van der Waals surface area contributed by atoms with E-state index in [1.54, 1.807) is 24.9 Å². The summed E-state index contributed by atoms with van der Waals surface area (Å²) in [5, 5.41) is 0. The minimum absolute atomic E-state index is 0.350. The van der Waals surface area contributed by atoms with E-state index in [4.69, 9.17) is 4.74 Å². The molecule has 1 aromatic carbocycles. The number of carbonyl (C=O) groups is 1. The summed E-state index contributed by atoms with van der Waals surface area (Å²) in [6.45, 7) is 4.11. The SMILES string of the molecule is CCOC(=O)c1cnc(CSc2ccccc2)nc1CC. The molecule has 0 aliphatic heterocycles. The van der Waals surface area contributed by atoms with Gasteiger partial charge in [-0.1, -0.05) is 25.1 Å². The van der Waals surface area contributed by atoms with Crippen LogP contribution in [0.3, 0.4) is 0 Å². The molecule has 0 aliphatic carbocycles. The molecule has 1 heterocycles. The van der Waals surface area contributed by atoms with Crippen molar-refractivity contribution in [3.8, 4) is 0 Å². The van der Waals surface area contributed by atoms with Gasteiger partial charge in [-0.15, -0.1) is 11.8 Å². The zero-order valence-corrected chi connectivity index (χ0v) is 13.0. The number of thioether (sulfide) groups is 1. The Morgan fingerprint density at radius 1 is 1.24 bits per heavy atom. The monoisotopic (exact) mass is 302 g/mol. The molecule has 0 fully saturated rings. The summed E-state index contributed by atoms with van der Waals surface area (Å²) in [6.07, 6.45) is 2.25. The van der Waals surface area contributed by atoms with Crippen molar-refractivity contribution in [2.75, 3.05) is 6.61 Å². The molecule has 0 N–H and O–H groups in total. The molecule has 2 rings (SSSR count). The van der Waals surface area contributed by atoms with E-state index < -0.39 is 0 Å². The third kappa shape index (κ3) is 4.29. The van der Waals surface area contributed by atoms with Crippen molar-refractivity contribution >= 4 is 17.7 Å². The highest BCUT2D eigenvalue weighted by atomic mass is 32.2. The van der Waals surface area contributed by atoms with Crippen LogP contribution in [0, 0.1) is 0 Å². The quantitative estimate of drug-likeness (QED) is 0.604. The normalized spacial score (nSPS) is 10.4. The van der Waals surface area contributed by atoms with Crippen LogP contribution in [0.4, 0.5) is 0 Å². The number of aromatic nitrogens is 2. The number of hydrogen-bond acceptors (Lipinski definition) is 5. The molecule has 0 unspecified atom stereocenters. The van der Waals surface area contributed by atoms with Gasteiger partial charge in [-0.25, -0.2) is 14.8 Å². The van der Waals surface area contributed by atoms with Crippen molar-refractivity contribution in [1.29, 1.82) is 0 Å². The number of nitrogens with zero attached hydrogens (tertiary/aromatic N) is 2. The summed E-state index contributed by atoms with van der Waals surface area (Å²) >= 11 is 1.68. The number of ether oxygens (including phenoxy) is 1. The van der Waals surface area contributed by atoms with Gasteiger partial charge < -0.3 is 4.74 Å². The number of rotatable bonds is 6. The maximum atomic E-state index is 11.8. The van der Waals surface area contributed by atoms with Gasteiger partial charge in [-0.3, -0.25) is 0 Å². The Morgan fingerprint density at radius 3 is 2.67 bits per heavy atom. The van der Waals surface area contributed by atoms with E-state index >= 15 is 0 Å². The maximum absolute atomic E-state index is 11.8. The highest BCUT2D eigenvalue weighted by Gasteiger charge is 2.14. The summed E-state index contributed by atoms with van der Waals surface area (Å²) in [4.78, 5) is 21.7. The molecule has 21 heavy (non-hydrogen) atoms. The number of aryl methyl sites for hydroxylation is 1. The Bertz CT molecular complexity index is 602. The van der Waals surface area contributed by atoms with E-state index in [0.717, 1.165) is 11.5 Å². The van der Waals surface area contributed by atoms with Gasteiger partial charge in [0.15, 0.2) is 0 Å². The molecule has 0 saturated heterocycles. The molecule has 110 valence electrons. The molecule has 0 radical (unpaired) electrons. The van der Waals surface area contributed by atoms with Crippen molar-refractivity contribution in [1.82, 2.24) is 9.97 Å². The molecular formula is C16H18N2O2S. The van der Waals surface area contributed by atoms with Gasteiger partial charge in [0, 0.05) is 11.1 Å². The lowest BCUT2D eigenvalue weighted by atomic mass is 10.2. The van der Waals surface area contributed by atoms with Gasteiger partial charge in [0.2, 0.25) is 0 Å². The van der Waals surface area contributed by atoms with Crippen LogP contribution in [0.1, 0.15) is 35.7 Å². The lowest BCUT2D eigenvalue weighted by Gasteiger charge is -2.08. The van der Waals surface area contributed by atoms with Gasteiger partial charge in [-0.2, -0.15) is 0 Å². The van der Waals surface area contributed by atoms with Crippen LogP contribution in [0.5, 0.6) is 0 Å². The standard InChI is InChI=1S/C16H18N2O2S/c1-3-14-13(16(19)20-4-2)10-17-15(18-14)11-21-12-8-6-5-7-9-12/h5-10H,3-4,11H2,1-2H3. The number of hydrogen-bond donors (Lipinski definition) is 0. The van der Waals surface area contributed by atoms with E-state index in [9.17, 15) is 4.79 Å². The minimum Gasteiger partial charge on any atom is -0.462 e. The third-order valence-electron chi connectivity index (χ3n) is 2.86. The van der Waals surface area contributed by atoms with Crippen LogP contribution in [0.15, 0.2) is 41.4 Å². The minimum atomic E-state index is -0.350. The molecule has 5 heteroatoms. The van der Waals surface area contributed by atoms with Gasteiger partial charge in [0.05, 0.1) is 23.6 Å². The van der Waals surface area contributed by atoms with Gasteiger partial charge >= 0.3 is 5.97 Å². The van der Waals surface area contributed by atoms with E-state index in [-0.39, 0.29) is 5.97 Å². The van der Waals surface area contributed by atoms with Gasteiger partial charge in [0.25, 0.3) is 0 Å². The van der Waals surface area contributed by atoms with Crippen LogP contribution in [-0.4, -0.2) is 22.5 Å². The Kier molecular flexibility index (Phi) is 5.75. The molecule has 4 nitrogen and oxygen atoms in total. The summed E-state index contributed by atoms with van der Waals surface area (Å²) < 4.78 is 5.02. The fourth-order valence-electron chi connectivity index (χ4n) is 1.84. The molecule has 0 spiro atoms. The van der Waals surface area contributed by atoms with Crippen LogP contribution < -0.4 is 0 Å². The molecule has 0 saturated carbocycles. The molecule has 0 atom stereocenters. The average molecular weight is 302 g/mol. The summed E-state index contributed by atoms with van der Waals surface area (Å²) in [5.74, 6) is 1.06. The summed E-state index contributed by atoms with van der Waals surface area (Å²) in [5.41, 5.74) is 1.21. The van der Waals surface area contributed by atoms with Crippen molar-refractivity contribution in [2.45, 2.75) is 30.9 Å². The topological polar surface area (TPSA) is 52.1 Å². The van der Waals surface area contributed by atoms with E-state index in [1.807, 2.05) is 25.1 Å². The Morgan fingerprint density at radius 2 is 2.00 bits per heavy atom. The summed E-state index contributed by atoms with van der Waals surface area (Å²) in [7, 11) is 0. The first-order valence-corrected chi connectivity index (χ1v) is 7.93. The number of benzene rings is 1. The lowest BCUT2D eigenvalue weighted by molar-refractivity contribution is 0.0524. The van der Waals surface area contributed by atoms with E-state index in [0.29, 0.717) is 24.3 Å². The first-order chi connectivity index (χ1) is 10.2. The highest BCUT2D eigenvalue weighted by molar-refractivity contribution is 7.98. The average Bonchev–Trinajstić information content (AvgIpc) is 2.53. The predicted molar refractivity (Wildman–Crippen MR) is 83.4 cm³/mol. The van der Waals surface area contributed by atoms with Crippen LogP contribution in [0.25, 0.3) is 0 Å². The van der Waals surface area contributed by atoms with Gasteiger partial charge in [-0.05, 0) is 25.5 Å². The molecule has 0 amide bonds. The molecule has 1 aromatic heterocycles. The second kappa shape index (κ2) is 7.78. The van der Waals surface area contributed by atoms with Crippen LogP contribution >= 0.6 is 11.8 Å². The first kappa shape index (κ1) is 15.5. The lowest BCUT2D eigenvalue weighted by Crippen LogP contribution is -2.11. The van der Waals surface area contributed by atoms with Crippen LogP contribution in [-0.2, 0) is 16.9 Å². The van der Waals surface area contributed by atoms with Crippen LogP contribution in [0.2, 0.25) is 0 Å². The van der Waals surface area contributed by atoms with E-state index in [1.165, 1.54) is 4.90 Å². The van der Waals surface area contributed by atoms with Crippen molar-refractivity contribution in [3.05, 3.63) is 53.6 Å². The van der Waals surface area contributed by atoms with Crippen molar-refractivity contribution in [3.63, 3.8) is 0 Å². The summed E-state index contributed by atoms with van der Waals surface area (Å²) in [6, 6.07) is 10.1. The Hall–Kier alpha value is -1.88. The second-order valence-electron chi connectivity index (χ2n) is 4.32. The predicted octanol–water partition coefficient (Wildman–Crippen LogP) is 3.51.